The van der Waals surface area contributed by atoms with Crippen LogP contribution in [0.4, 0.5) is 17.2 Å². The van der Waals surface area contributed by atoms with E-state index in [-0.39, 0.29) is 5.91 Å². The number of carbonyl (C=O) groups is 1. The molecule has 0 radical (unpaired) electrons. The first-order chi connectivity index (χ1) is 10.1. The zero-order chi connectivity index (χ0) is 14.8. The van der Waals surface area contributed by atoms with E-state index in [0.717, 1.165) is 10.8 Å². The van der Waals surface area contributed by atoms with Crippen molar-refractivity contribution in [2.75, 3.05) is 16.8 Å². The minimum Gasteiger partial charge on any atom is -0.397 e. The van der Waals surface area contributed by atoms with E-state index in [9.17, 15) is 4.79 Å². The number of fused-ring (bicyclic) bond motifs is 1. The zero-order valence-corrected chi connectivity index (χ0v) is 11.2. The lowest BCUT2D eigenvalue weighted by Crippen LogP contribution is -2.13. The summed E-state index contributed by atoms with van der Waals surface area (Å²) in [6.45, 7) is 0. The molecule has 1 heterocycles. The minimum atomic E-state index is -0.273. The van der Waals surface area contributed by atoms with E-state index in [2.05, 4.69) is 10.3 Å². The number of rotatable bonds is 2. The second-order valence-electron chi connectivity index (χ2n) is 4.68. The topological polar surface area (TPSA) is 94.0 Å². The summed E-state index contributed by atoms with van der Waals surface area (Å²) in [4.78, 5) is 16.5. The van der Waals surface area contributed by atoms with Crippen molar-refractivity contribution in [3.63, 3.8) is 0 Å². The highest BCUT2D eigenvalue weighted by Gasteiger charge is 2.10. The minimum absolute atomic E-state index is 0.273. The molecule has 0 spiro atoms. The van der Waals surface area contributed by atoms with E-state index in [1.54, 1.807) is 24.4 Å². The van der Waals surface area contributed by atoms with Gasteiger partial charge in [-0.05, 0) is 29.7 Å². The third-order valence-electron chi connectivity index (χ3n) is 3.25. The van der Waals surface area contributed by atoms with Crippen LogP contribution in [0.15, 0.2) is 54.7 Å². The molecule has 1 aromatic heterocycles. The van der Waals surface area contributed by atoms with Crippen molar-refractivity contribution in [1.29, 1.82) is 0 Å². The molecule has 21 heavy (non-hydrogen) atoms. The number of anilines is 3. The summed E-state index contributed by atoms with van der Waals surface area (Å²) in [5.74, 6) is 0.249. The fourth-order valence-electron chi connectivity index (χ4n) is 2.11. The Hall–Kier alpha value is -3.08. The number of aromatic nitrogens is 1. The van der Waals surface area contributed by atoms with Crippen LogP contribution < -0.4 is 16.8 Å². The van der Waals surface area contributed by atoms with Gasteiger partial charge in [0.2, 0.25) is 0 Å². The third kappa shape index (κ3) is 2.49. The Morgan fingerprint density at radius 3 is 2.62 bits per heavy atom. The van der Waals surface area contributed by atoms with Crippen molar-refractivity contribution in [2.45, 2.75) is 0 Å². The number of nitrogen functional groups attached to an aromatic ring is 2. The van der Waals surface area contributed by atoms with Gasteiger partial charge in [-0.15, -0.1) is 0 Å². The van der Waals surface area contributed by atoms with Crippen LogP contribution in [-0.4, -0.2) is 10.9 Å². The fraction of sp³-hybridized carbons (Fsp3) is 0. The SMILES string of the molecule is Nc1ccc(C(=O)Nc2nccc3ccccc23)cc1N. The number of benzene rings is 2. The van der Waals surface area contributed by atoms with Crippen molar-refractivity contribution in [2.24, 2.45) is 0 Å². The number of hydrogen-bond acceptors (Lipinski definition) is 4. The van der Waals surface area contributed by atoms with Gasteiger partial charge in [0.25, 0.3) is 5.91 Å². The molecule has 0 saturated carbocycles. The highest BCUT2D eigenvalue weighted by atomic mass is 16.1. The molecule has 5 nitrogen and oxygen atoms in total. The van der Waals surface area contributed by atoms with E-state index in [1.807, 2.05) is 30.3 Å². The lowest BCUT2D eigenvalue weighted by atomic mass is 10.1. The van der Waals surface area contributed by atoms with Crippen LogP contribution in [0.3, 0.4) is 0 Å². The normalized spacial score (nSPS) is 10.5. The van der Waals surface area contributed by atoms with Gasteiger partial charge in [-0.2, -0.15) is 0 Å². The molecule has 5 N–H and O–H groups in total. The van der Waals surface area contributed by atoms with Crippen LogP contribution in [0.2, 0.25) is 0 Å². The second kappa shape index (κ2) is 5.13. The Kier molecular flexibility index (Phi) is 3.16. The van der Waals surface area contributed by atoms with Gasteiger partial charge >= 0.3 is 0 Å². The van der Waals surface area contributed by atoms with Crippen molar-refractivity contribution < 1.29 is 4.79 Å². The molecule has 3 aromatic rings. The molecular weight excluding hydrogens is 264 g/mol. The van der Waals surface area contributed by atoms with Gasteiger partial charge in [0.15, 0.2) is 0 Å². The lowest BCUT2D eigenvalue weighted by molar-refractivity contribution is 0.102. The third-order valence-corrected chi connectivity index (χ3v) is 3.25. The number of carbonyl (C=O) groups excluding carboxylic acids is 1. The molecular formula is C16H14N4O. The van der Waals surface area contributed by atoms with Crippen LogP contribution in [0.1, 0.15) is 10.4 Å². The summed E-state index contributed by atoms with van der Waals surface area (Å²) >= 11 is 0. The van der Waals surface area contributed by atoms with E-state index in [4.69, 9.17) is 11.5 Å². The molecule has 0 saturated heterocycles. The number of amides is 1. The Morgan fingerprint density at radius 2 is 1.81 bits per heavy atom. The maximum atomic E-state index is 12.3. The van der Waals surface area contributed by atoms with Crippen LogP contribution in [-0.2, 0) is 0 Å². The van der Waals surface area contributed by atoms with Crippen molar-refractivity contribution in [1.82, 2.24) is 4.98 Å². The zero-order valence-electron chi connectivity index (χ0n) is 11.2. The smallest absolute Gasteiger partial charge is 0.256 e. The number of nitrogens with one attached hydrogen (secondary N) is 1. The van der Waals surface area contributed by atoms with E-state index in [0.29, 0.717) is 22.8 Å². The van der Waals surface area contributed by atoms with Crippen molar-refractivity contribution in [3.05, 3.63) is 60.3 Å². The summed E-state index contributed by atoms with van der Waals surface area (Å²) in [7, 11) is 0. The highest BCUT2D eigenvalue weighted by Crippen LogP contribution is 2.22. The van der Waals surface area contributed by atoms with Crippen LogP contribution in [0.5, 0.6) is 0 Å². The Labute approximate surface area is 121 Å². The summed E-state index contributed by atoms with van der Waals surface area (Å²) in [6.07, 6.45) is 1.66. The Bertz CT molecular complexity index is 824. The van der Waals surface area contributed by atoms with Crippen LogP contribution >= 0.6 is 0 Å². The number of pyridine rings is 1. The Morgan fingerprint density at radius 1 is 1.00 bits per heavy atom. The summed E-state index contributed by atoms with van der Waals surface area (Å²) in [5.41, 5.74) is 12.6. The van der Waals surface area contributed by atoms with E-state index < -0.39 is 0 Å². The molecule has 0 aliphatic carbocycles. The molecule has 1 amide bonds. The molecule has 0 aliphatic rings. The molecule has 0 unspecified atom stereocenters. The highest BCUT2D eigenvalue weighted by molar-refractivity contribution is 6.08. The summed E-state index contributed by atoms with van der Waals surface area (Å²) in [6, 6.07) is 14.4. The average Bonchev–Trinajstić information content (AvgIpc) is 2.50. The first-order valence-electron chi connectivity index (χ1n) is 6.45. The summed E-state index contributed by atoms with van der Waals surface area (Å²) in [5, 5.41) is 4.70. The predicted octanol–water partition coefficient (Wildman–Crippen LogP) is 2.65. The van der Waals surface area contributed by atoms with E-state index in [1.165, 1.54) is 0 Å². The molecule has 0 fully saturated rings. The average molecular weight is 278 g/mol. The summed E-state index contributed by atoms with van der Waals surface area (Å²) < 4.78 is 0. The monoisotopic (exact) mass is 278 g/mol. The molecule has 0 bridgehead atoms. The van der Waals surface area contributed by atoms with Crippen LogP contribution in [0, 0.1) is 0 Å². The quantitative estimate of drug-likeness (QED) is 0.628. The van der Waals surface area contributed by atoms with Crippen LogP contribution in [0.25, 0.3) is 10.8 Å². The second-order valence-corrected chi connectivity index (χ2v) is 4.68. The molecule has 0 atom stereocenters. The number of hydrogen-bond donors (Lipinski definition) is 3. The molecule has 5 heteroatoms. The largest absolute Gasteiger partial charge is 0.397 e. The van der Waals surface area contributed by atoms with Gasteiger partial charge in [-0.3, -0.25) is 4.79 Å². The van der Waals surface area contributed by atoms with Crippen molar-refractivity contribution in [3.8, 4) is 0 Å². The standard InChI is InChI=1S/C16H14N4O/c17-13-6-5-11(9-14(13)18)16(21)20-15-12-4-2-1-3-10(12)7-8-19-15/h1-9H,17-18H2,(H,19,20,21). The first kappa shape index (κ1) is 12.9. The molecule has 0 aliphatic heterocycles. The first-order valence-corrected chi connectivity index (χ1v) is 6.45. The van der Waals surface area contributed by atoms with E-state index >= 15 is 0 Å². The molecule has 104 valence electrons. The molecule has 2 aromatic carbocycles. The predicted molar refractivity (Wildman–Crippen MR) is 85.0 cm³/mol. The van der Waals surface area contributed by atoms with Gasteiger partial charge in [-0.1, -0.05) is 24.3 Å². The maximum absolute atomic E-state index is 12.3. The number of nitrogens with zero attached hydrogens (tertiary/aromatic N) is 1. The van der Waals surface area contributed by atoms with Gasteiger partial charge in [-0.25, -0.2) is 4.98 Å². The van der Waals surface area contributed by atoms with Gasteiger partial charge in [0.1, 0.15) is 5.82 Å². The Balaban J connectivity index is 1.94. The fourth-order valence-corrected chi connectivity index (χ4v) is 2.11. The van der Waals surface area contributed by atoms with Gasteiger partial charge < -0.3 is 16.8 Å². The van der Waals surface area contributed by atoms with Crippen molar-refractivity contribution >= 4 is 33.9 Å². The lowest BCUT2D eigenvalue weighted by Gasteiger charge is -2.08. The van der Waals surface area contributed by atoms with Gasteiger partial charge in [0.05, 0.1) is 11.4 Å². The van der Waals surface area contributed by atoms with Gasteiger partial charge in [0, 0.05) is 17.1 Å². The number of nitrogens with two attached hydrogens (primary N) is 2. The maximum Gasteiger partial charge on any atom is 0.256 e. The molecule has 3 rings (SSSR count).